The topological polar surface area (TPSA) is 41.5 Å². The van der Waals surface area contributed by atoms with Crippen molar-refractivity contribution in [2.24, 2.45) is 0 Å². The first-order chi connectivity index (χ1) is 8.88. The summed E-state index contributed by atoms with van der Waals surface area (Å²) in [4.78, 5) is 11.4. The Hall–Kier alpha value is -1.57. The van der Waals surface area contributed by atoms with Crippen molar-refractivity contribution in [3.63, 3.8) is 0 Å². The summed E-state index contributed by atoms with van der Waals surface area (Å²) in [5, 5.41) is 0. The number of morpholine rings is 1. The third-order valence-electron chi connectivity index (χ3n) is 2.85. The van der Waals surface area contributed by atoms with Crippen LogP contribution in [0.25, 0.3) is 0 Å². The number of ether oxygens (including phenoxy) is 1. The van der Waals surface area contributed by atoms with E-state index in [1.807, 2.05) is 14.1 Å². The zero-order chi connectivity index (χ0) is 14.0. The average molecular weight is 276 g/mol. The van der Waals surface area contributed by atoms with E-state index < -0.39 is 12.3 Å². The second-order valence-electron chi connectivity index (χ2n) is 4.48. The van der Waals surface area contributed by atoms with Crippen LogP contribution in [0.2, 0.25) is 0 Å². The SMILES string of the molecule is CN(C)c1cc(N2CCO[C@H](C(F)(F)F)C2)ncn1. The van der Waals surface area contributed by atoms with Gasteiger partial charge in [0.15, 0.2) is 6.10 Å². The van der Waals surface area contributed by atoms with Gasteiger partial charge in [-0.25, -0.2) is 9.97 Å². The van der Waals surface area contributed by atoms with Crippen LogP contribution in [0.3, 0.4) is 0 Å². The van der Waals surface area contributed by atoms with Crippen molar-refractivity contribution in [3.05, 3.63) is 12.4 Å². The Kier molecular flexibility index (Phi) is 3.79. The third-order valence-corrected chi connectivity index (χ3v) is 2.85. The zero-order valence-electron chi connectivity index (χ0n) is 10.7. The van der Waals surface area contributed by atoms with Gasteiger partial charge in [0.2, 0.25) is 0 Å². The molecule has 0 radical (unpaired) electrons. The van der Waals surface area contributed by atoms with Crippen LogP contribution in [0.4, 0.5) is 24.8 Å². The summed E-state index contributed by atoms with van der Waals surface area (Å²) in [5.41, 5.74) is 0. The molecule has 106 valence electrons. The number of anilines is 2. The monoisotopic (exact) mass is 276 g/mol. The Bertz CT molecular complexity index is 438. The van der Waals surface area contributed by atoms with Gasteiger partial charge in [-0.05, 0) is 0 Å². The van der Waals surface area contributed by atoms with Crippen molar-refractivity contribution in [2.45, 2.75) is 12.3 Å². The summed E-state index contributed by atoms with van der Waals surface area (Å²) in [5.74, 6) is 1.14. The Morgan fingerprint density at radius 3 is 2.74 bits per heavy atom. The summed E-state index contributed by atoms with van der Waals surface area (Å²) in [6, 6.07) is 1.67. The lowest BCUT2D eigenvalue weighted by Crippen LogP contribution is -2.49. The molecule has 1 aromatic heterocycles. The first-order valence-corrected chi connectivity index (χ1v) is 5.80. The fourth-order valence-corrected chi connectivity index (χ4v) is 1.81. The Labute approximate surface area is 109 Å². The van der Waals surface area contributed by atoms with Crippen LogP contribution >= 0.6 is 0 Å². The minimum atomic E-state index is -4.35. The molecular formula is C11H15F3N4O. The van der Waals surface area contributed by atoms with Crippen molar-refractivity contribution >= 4 is 11.6 Å². The highest BCUT2D eigenvalue weighted by molar-refractivity contribution is 5.49. The first kappa shape index (κ1) is 13.9. The molecule has 2 rings (SSSR count). The van der Waals surface area contributed by atoms with Gasteiger partial charge in [-0.1, -0.05) is 0 Å². The molecule has 0 N–H and O–H groups in total. The number of halogens is 3. The normalized spacial score (nSPS) is 20.5. The summed E-state index contributed by atoms with van der Waals surface area (Å²) < 4.78 is 42.7. The van der Waals surface area contributed by atoms with Crippen LogP contribution in [0.5, 0.6) is 0 Å². The molecule has 0 spiro atoms. The van der Waals surface area contributed by atoms with E-state index in [9.17, 15) is 13.2 Å². The van der Waals surface area contributed by atoms with E-state index in [1.54, 1.807) is 15.9 Å². The summed E-state index contributed by atoms with van der Waals surface area (Å²) in [6.07, 6.45) is -4.77. The number of hydrogen-bond donors (Lipinski definition) is 0. The predicted molar refractivity (Wildman–Crippen MR) is 64.4 cm³/mol. The van der Waals surface area contributed by atoms with E-state index in [2.05, 4.69) is 9.97 Å². The minimum Gasteiger partial charge on any atom is -0.365 e. The Morgan fingerprint density at radius 1 is 1.37 bits per heavy atom. The number of alkyl halides is 3. The largest absolute Gasteiger partial charge is 0.416 e. The maximum absolute atomic E-state index is 12.6. The molecule has 1 fully saturated rings. The van der Waals surface area contributed by atoms with E-state index in [1.165, 1.54) is 6.33 Å². The van der Waals surface area contributed by atoms with Gasteiger partial charge in [-0.3, -0.25) is 0 Å². The van der Waals surface area contributed by atoms with Crippen LogP contribution in [0.1, 0.15) is 0 Å². The predicted octanol–water partition coefficient (Wildman–Crippen LogP) is 1.31. The van der Waals surface area contributed by atoms with Gasteiger partial charge < -0.3 is 14.5 Å². The second-order valence-corrected chi connectivity index (χ2v) is 4.48. The van der Waals surface area contributed by atoms with E-state index in [0.29, 0.717) is 18.2 Å². The van der Waals surface area contributed by atoms with E-state index in [4.69, 9.17) is 4.74 Å². The molecule has 1 aliphatic heterocycles. The molecule has 2 heterocycles. The smallest absolute Gasteiger partial charge is 0.365 e. The van der Waals surface area contributed by atoms with Gasteiger partial charge in [0.05, 0.1) is 13.2 Å². The van der Waals surface area contributed by atoms with Crippen LogP contribution in [0, 0.1) is 0 Å². The summed E-state index contributed by atoms with van der Waals surface area (Å²) >= 11 is 0. The molecule has 1 aromatic rings. The van der Waals surface area contributed by atoms with E-state index in [0.717, 1.165) is 0 Å². The number of aromatic nitrogens is 2. The molecule has 8 heteroatoms. The van der Waals surface area contributed by atoms with Gasteiger partial charge in [-0.15, -0.1) is 0 Å². The lowest BCUT2D eigenvalue weighted by Gasteiger charge is -2.34. The lowest BCUT2D eigenvalue weighted by atomic mass is 10.2. The van der Waals surface area contributed by atoms with Crippen molar-refractivity contribution in [1.29, 1.82) is 0 Å². The fraction of sp³-hybridized carbons (Fsp3) is 0.636. The molecule has 1 saturated heterocycles. The van der Waals surface area contributed by atoms with Gasteiger partial charge in [0, 0.05) is 26.7 Å². The molecule has 0 saturated carbocycles. The van der Waals surface area contributed by atoms with E-state index in [-0.39, 0.29) is 13.2 Å². The van der Waals surface area contributed by atoms with Crippen LogP contribution in [-0.4, -0.2) is 56.0 Å². The van der Waals surface area contributed by atoms with Crippen molar-refractivity contribution in [1.82, 2.24) is 9.97 Å². The molecule has 1 atom stereocenters. The average Bonchev–Trinajstić information content (AvgIpc) is 2.38. The zero-order valence-corrected chi connectivity index (χ0v) is 10.7. The quantitative estimate of drug-likeness (QED) is 0.814. The highest BCUT2D eigenvalue weighted by Gasteiger charge is 2.43. The molecule has 0 aromatic carbocycles. The standard InChI is InChI=1S/C11H15F3N4O/c1-17(2)9-5-10(16-7-15-9)18-3-4-19-8(6-18)11(12,13)14/h5,7-8H,3-4,6H2,1-2H3/t8-/m0/s1. The van der Waals surface area contributed by atoms with Gasteiger partial charge in [0.1, 0.15) is 18.0 Å². The highest BCUT2D eigenvalue weighted by Crippen LogP contribution is 2.27. The minimum absolute atomic E-state index is 0.0332. The fourth-order valence-electron chi connectivity index (χ4n) is 1.81. The molecular weight excluding hydrogens is 261 g/mol. The number of rotatable bonds is 2. The van der Waals surface area contributed by atoms with Gasteiger partial charge in [-0.2, -0.15) is 13.2 Å². The maximum atomic E-state index is 12.6. The maximum Gasteiger partial charge on any atom is 0.416 e. The van der Waals surface area contributed by atoms with E-state index >= 15 is 0 Å². The van der Waals surface area contributed by atoms with Crippen molar-refractivity contribution < 1.29 is 17.9 Å². The summed E-state index contributed by atoms with van der Waals surface area (Å²) in [6.45, 7) is 0.176. The molecule has 5 nitrogen and oxygen atoms in total. The highest BCUT2D eigenvalue weighted by atomic mass is 19.4. The first-order valence-electron chi connectivity index (χ1n) is 5.80. The number of hydrogen-bond acceptors (Lipinski definition) is 5. The molecule has 0 amide bonds. The van der Waals surface area contributed by atoms with Crippen molar-refractivity contribution in [2.75, 3.05) is 43.6 Å². The van der Waals surface area contributed by atoms with Crippen molar-refractivity contribution in [3.8, 4) is 0 Å². The molecule has 0 bridgehead atoms. The molecule has 0 aliphatic carbocycles. The lowest BCUT2D eigenvalue weighted by molar-refractivity contribution is -0.221. The van der Waals surface area contributed by atoms with Crippen LogP contribution in [0.15, 0.2) is 12.4 Å². The summed E-state index contributed by atoms with van der Waals surface area (Å²) in [7, 11) is 3.62. The van der Waals surface area contributed by atoms with Gasteiger partial charge >= 0.3 is 6.18 Å². The Morgan fingerprint density at radius 2 is 2.11 bits per heavy atom. The third kappa shape index (κ3) is 3.25. The van der Waals surface area contributed by atoms with Crippen LogP contribution in [-0.2, 0) is 4.74 Å². The Balaban J connectivity index is 2.15. The molecule has 0 unspecified atom stereocenters. The van der Waals surface area contributed by atoms with Crippen LogP contribution < -0.4 is 9.80 Å². The molecule has 1 aliphatic rings. The number of nitrogens with zero attached hydrogens (tertiary/aromatic N) is 4. The second kappa shape index (κ2) is 5.20. The van der Waals surface area contributed by atoms with Gasteiger partial charge in [0.25, 0.3) is 0 Å². The molecule has 19 heavy (non-hydrogen) atoms.